The van der Waals surface area contributed by atoms with Gasteiger partial charge in [-0.25, -0.2) is 9.78 Å². The predicted octanol–water partition coefficient (Wildman–Crippen LogP) is 3.26. The summed E-state index contributed by atoms with van der Waals surface area (Å²) in [6.45, 7) is 3.56. The van der Waals surface area contributed by atoms with Crippen molar-refractivity contribution < 1.29 is 14.3 Å². The molecule has 0 saturated carbocycles. The van der Waals surface area contributed by atoms with Crippen molar-refractivity contribution in [2.24, 2.45) is 0 Å². The third kappa shape index (κ3) is 3.12. The fraction of sp³-hybridized carbons (Fsp3) is 0.278. The Balaban J connectivity index is 1.73. The number of nitrogens with zero attached hydrogens (tertiary/aromatic N) is 2. The number of hydrogen-bond donors (Lipinski definition) is 0. The van der Waals surface area contributed by atoms with E-state index in [1.165, 1.54) is 18.3 Å². The van der Waals surface area contributed by atoms with Crippen LogP contribution in [0.15, 0.2) is 42.6 Å². The zero-order chi connectivity index (χ0) is 17.3. The molecule has 6 heteroatoms. The number of aromatic nitrogens is 1. The number of para-hydroxylation sites is 1. The Morgan fingerprint density at radius 1 is 1.29 bits per heavy atom. The number of anilines is 1. The lowest BCUT2D eigenvalue weighted by molar-refractivity contribution is -0.126. The van der Waals surface area contributed by atoms with Crippen LogP contribution in [0.4, 0.5) is 5.69 Å². The van der Waals surface area contributed by atoms with Gasteiger partial charge in [-0.2, -0.15) is 0 Å². The van der Waals surface area contributed by atoms with Crippen LogP contribution < -0.4 is 4.90 Å². The number of fused-ring (bicyclic) bond motifs is 1. The molecular weight excluding hydrogens is 328 g/mol. The summed E-state index contributed by atoms with van der Waals surface area (Å²) in [5.74, 6) is -0.831. The van der Waals surface area contributed by atoms with Crippen molar-refractivity contribution in [2.45, 2.75) is 32.4 Å². The molecule has 0 fully saturated rings. The molecule has 0 N–H and O–H groups in total. The molecule has 3 rings (SSSR count). The molecule has 124 valence electrons. The second kappa shape index (κ2) is 6.61. The molecule has 2 heterocycles. The van der Waals surface area contributed by atoms with E-state index in [0.29, 0.717) is 0 Å². The maximum absolute atomic E-state index is 12.8. The molecule has 2 aromatic rings. The molecule has 1 aliphatic rings. The number of esters is 1. The number of benzene rings is 1. The van der Waals surface area contributed by atoms with Crippen molar-refractivity contribution >= 4 is 29.2 Å². The zero-order valence-electron chi connectivity index (χ0n) is 13.4. The lowest BCUT2D eigenvalue weighted by Crippen LogP contribution is -2.43. The highest BCUT2D eigenvalue weighted by Gasteiger charge is 2.34. The van der Waals surface area contributed by atoms with E-state index in [2.05, 4.69) is 4.98 Å². The second-order valence-electron chi connectivity index (χ2n) is 5.81. The summed E-state index contributed by atoms with van der Waals surface area (Å²) < 4.78 is 5.30. The van der Waals surface area contributed by atoms with E-state index >= 15 is 0 Å². The molecule has 0 saturated heterocycles. The Hall–Kier alpha value is -2.40. The first-order chi connectivity index (χ1) is 11.5. The van der Waals surface area contributed by atoms with Gasteiger partial charge in [0.25, 0.3) is 5.91 Å². The summed E-state index contributed by atoms with van der Waals surface area (Å²) in [5, 5.41) is 0.290. The minimum atomic E-state index is -0.887. The molecular formula is C18H17ClN2O3. The molecule has 0 bridgehead atoms. The summed E-state index contributed by atoms with van der Waals surface area (Å²) >= 11 is 5.70. The van der Waals surface area contributed by atoms with Crippen LogP contribution in [-0.2, 0) is 16.0 Å². The van der Waals surface area contributed by atoms with Gasteiger partial charge in [-0.1, -0.05) is 29.8 Å². The first-order valence-electron chi connectivity index (χ1n) is 7.71. The molecule has 1 aliphatic heterocycles. The number of amides is 1. The van der Waals surface area contributed by atoms with Gasteiger partial charge >= 0.3 is 5.97 Å². The van der Waals surface area contributed by atoms with Crippen LogP contribution in [0.2, 0.25) is 5.15 Å². The molecule has 2 atom stereocenters. The van der Waals surface area contributed by atoms with E-state index in [0.717, 1.165) is 17.7 Å². The average molecular weight is 345 g/mol. The number of carbonyl (C=O) groups is 2. The summed E-state index contributed by atoms with van der Waals surface area (Å²) in [4.78, 5) is 30.4. The van der Waals surface area contributed by atoms with Crippen LogP contribution >= 0.6 is 11.6 Å². The van der Waals surface area contributed by atoms with Crippen molar-refractivity contribution in [3.05, 3.63) is 58.9 Å². The van der Waals surface area contributed by atoms with Crippen LogP contribution in [-0.4, -0.2) is 29.0 Å². The number of halogens is 1. The third-order valence-electron chi connectivity index (χ3n) is 4.04. The van der Waals surface area contributed by atoms with E-state index in [1.807, 2.05) is 31.2 Å². The summed E-state index contributed by atoms with van der Waals surface area (Å²) in [7, 11) is 0. The number of rotatable bonds is 3. The molecule has 1 aromatic heterocycles. The molecule has 0 aliphatic carbocycles. The number of pyridine rings is 1. The van der Waals surface area contributed by atoms with E-state index in [4.69, 9.17) is 16.3 Å². The zero-order valence-corrected chi connectivity index (χ0v) is 14.2. The van der Waals surface area contributed by atoms with Crippen LogP contribution in [0.3, 0.4) is 0 Å². The van der Waals surface area contributed by atoms with Gasteiger partial charge in [-0.3, -0.25) is 4.79 Å². The van der Waals surface area contributed by atoms with E-state index in [1.54, 1.807) is 11.8 Å². The smallest absolute Gasteiger partial charge is 0.340 e. The van der Waals surface area contributed by atoms with E-state index in [-0.39, 0.29) is 22.7 Å². The highest BCUT2D eigenvalue weighted by molar-refractivity contribution is 6.29. The van der Waals surface area contributed by atoms with Crippen molar-refractivity contribution in [1.29, 1.82) is 0 Å². The average Bonchev–Trinajstić information content (AvgIpc) is 2.90. The van der Waals surface area contributed by atoms with E-state index < -0.39 is 12.1 Å². The number of hydrogen-bond acceptors (Lipinski definition) is 4. The Morgan fingerprint density at radius 3 is 2.75 bits per heavy atom. The molecule has 5 nitrogen and oxygen atoms in total. The van der Waals surface area contributed by atoms with Crippen molar-refractivity contribution in [1.82, 2.24) is 4.98 Å². The minimum Gasteiger partial charge on any atom is -0.449 e. The topological polar surface area (TPSA) is 59.5 Å². The van der Waals surface area contributed by atoms with Crippen LogP contribution in [0.1, 0.15) is 29.8 Å². The van der Waals surface area contributed by atoms with Gasteiger partial charge in [0.15, 0.2) is 6.10 Å². The molecule has 0 radical (unpaired) electrons. The Labute approximate surface area is 145 Å². The Kier molecular flexibility index (Phi) is 4.53. The van der Waals surface area contributed by atoms with Gasteiger partial charge in [0.05, 0.1) is 5.56 Å². The van der Waals surface area contributed by atoms with Crippen LogP contribution in [0, 0.1) is 0 Å². The fourth-order valence-corrected chi connectivity index (χ4v) is 2.98. The van der Waals surface area contributed by atoms with Gasteiger partial charge in [0.2, 0.25) is 0 Å². The fourth-order valence-electron chi connectivity index (χ4n) is 2.87. The quantitative estimate of drug-likeness (QED) is 0.633. The lowest BCUT2D eigenvalue weighted by atomic mass is 10.1. The largest absolute Gasteiger partial charge is 0.449 e. The number of carbonyl (C=O) groups excluding carboxylic acids is 2. The molecule has 0 spiro atoms. The normalized spacial score (nSPS) is 17.3. The summed E-state index contributed by atoms with van der Waals surface area (Å²) in [6, 6.07) is 10.8. The summed E-state index contributed by atoms with van der Waals surface area (Å²) in [6.07, 6.45) is 1.24. The Bertz CT molecular complexity index is 776. The van der Waals surface area contributed by atoms with Gasteiger partial charge in [0, 0.05) is 17.9 Å². The van der Waals surface area contributed by atoms with Gasteiger partial charge in [-0.15, -0.1) is 0 Å². The molecule has 24 heavy (non-hydrogen) atoms. The van der Waals surface area contributed by atoms with Crippen molar-refractivity contribution in [3.8, 4) is 0 Å². The van der Waals surface area contributed by atoms with Gasteiger partial charge in [0.1, 0.15) is 5.15 Å². The maximum atomic E-state index is 12.8. The van der Waals surface area contributed by atoms with E-state index in [9.17, 15) is 9.59 Å². The first kappa shape index (κ1) is 16.5. The lowest BCUT2D eigenvalue weighted by Gasteiger charge is -2.25. The predicted molar refractivity (Wildman–Crippen MR) is 91.2 cm³/mol. The highest BCUT2D eigenvalue weighted by atomic mass is 35.5. The van der Waals surface area contributed by atoms with Gasteiger partial charge in [-0.05, 0) is 44.0 Å². The van der Waals surface area contributed by atoms with Crippen molar-refractivity contribution in [3.63, 3.8) is 0 Å². The first-order valence-corrected chi connectivity index (χ1v) is 8.08. The second-order valence-corrected chi connectivity index (χ2v) is 6.19. The van der Waals surface area contributed by atoms with Crippen LogP contribution in [0.5, 0.6) is 0 Å². The molecule has 0 unspecified atom stereocenters. The SMILES string of the molecule is C[C@H](OC(=O)c1ccc(Cl)nc1)C(=O)N1c2ccccc2C[C@H]1C. The molecule has 1 amide bonds. The highest BCUT2D eigenvalue weighted by Crippen LogP contribution is 2.32. The summed E-state index contributed by atoms with van der Waals surface area (Å²) in [5.41, 5.74) is 2.26. The monoisotopic (exact) mass is 344 g/mol. The minimum absolute atomic E-state index is 0.0354. The molecule has 1 aromatic carbocycles. The van der Waals surface area contributed by atoms with Gasteiger partial charge < -0.3 is 9.64 Å². The third-order valence-corrected chi connectivity index (χ3v) is 4.26. The standard InChI is InChI=1S/C18H17ClN2O3/c1-11-9-13-5-3-4-6-15(13)21(11)17(22)12(2)24-18(23)14-7-8-16(19)20-10-14/h3-8,10-12H,9H2,1-2H3/t11-,12+/m1/s1. The van der Waals surface area contributed by atoms with Crippen molar-refractivity contribution in [2.75, 3.05) is 4.90 Å². The maximum Gasteiger partial charge on any atom is 0.340 e. The van der Waals surface area contributed by atoms with Crippen LogP contribution in [0.25, 0.3) is 0 Å². The Morgan fingerprint density at radius 2 is 2.04 bits per heavy atom. The number of ether oxygens (including phenoxy) is 1.